The summed E-state index contributed by atoms with van der Waals surface area (Å²) < 4.78 is 4.91. The van der Waals surface area contributed by atoms with E-state index in [1.807, 2.05) is 11.3 Å². The Labute approximate surface area is 336 Å². The smallest absolute Gasteiger partial charge is 0.235 e. The maximum Gasteiger partial charge on any atom is 0.235 e. The van der Waals surface area contributed by atoms with Gasteiger partial charge in [0.05, 0.1) is 22.2 Å². The first kappa shape index (κ1) is 31.8. The molecule has 0 aliphatic heterocycles. The fourth-order valence-electron chi connectivity index (χ4n) is 9.48. The fourth-order valence-corrected chi connectivity index (χ4v) is 10.6. The third kappa shape index (κ3) is 4.55. The van der Waals surface area contributed by atoms with E-state index in [9.17, 15) is 0 Å². The average molecular weight is 754 g/mol. The topological polar surface area (TPSA) is 30.7 Å². The van der Waals surface area contributed by atoms with Crippen molar-refractivity contribution in [2.45, 2.75) is 0 Å². The minimum absolute atomic E-state index is 0.661. The molecule has 0 N–H and O–H groups in total. The molecule has 0 aliphatic rings. The second kappa shape index (κ2) is 12.1. The summed E-state index contributed by atoms with van der Waals surface area (Å²) in [4.78, 5) is 11.2. The molecule has 0 bridgehead atoms. The molecular formula is C54H31N3S. The summed E-state index contributed by atoms with van der Waals surface area (Å²) >= 11 is 1.86. The molecule has 0 fully saturated rings. The lowest BCUT2D eigenvalue weighted by Crippen LogP contribution is -2.04. The van der Waals surface area contributed by atoms with Crippen LogP contribution >= 0.6 is 11.3 Å². The first-order chi connectivity index (χ1) is 28.7. The van der Waals surface area contributed by atoms with Gasteiger partial charge in [0.25, 0.3) is 0 Å². The van der Waals surface area contributed by atoms with E-state index >= 15 is 0 Å². The van der Waals surface area contributed by atoms with E-state index in [1.54, 1.807) is 0 Å². The predicted molar refractivity (Wildman–Crippen MR) is 248 cm³/mol. The lowest BCUT2D eigenvalue weighted by atomic mass is 9.94. The van der Waals surface area contributed by atoms with Crippen molar-refractivity contribution < 1.29 is 0 Å². The van der Waals surface area contributed by atoms with Crippen LogP contribution in [0.25, 0.3) is 124 Å². The summed E-state index contributed by atoms with van der Waals surface area (Å²) in [5, 5.41) is 15.7. The number of fused-ring (bicyclic) bond motifs is 15. The Kier molecular flexibility index (Phi) is 6.60. The van der Waals surface area contributed by atoms with Crippen LogP contribution in [0.3, 0.4) is 0 Å². The first-order valence-electron chi connectivity index (χ1n) is 19.7. The van der Waals surface area contributed by atoms with Crippen LogP contribution in [-0.2, 0) is 0 Å². The number of aromatic nitrogens is 3. The fraction of sp³-hybridized carbons (Fsp3) is 0. The van der Waals surface area contributed by atoms with Gasteiger partial charge in [-0.1, -0.05) is 152 Å². The standard InChI is InChI=1S/C54H31N3S/c1-2-12-35-29-36(26-23-32(35)11-1)33-21-24-34(25-22-33)52-51-41-16-5-3-13-38(41)39-14-4-6-17-42(39)53(51)56-54(55-52)57-46-19-9-7-15-40(46)45-31-44-37(30-47(45)57)27-28-49-50(44)43-18-8-10-20-48(43)58-49/h1-31H. The van der Waals surface area contributed by atoms with Crippen molar-refractivity contribution in [2.75, 3.05) is 0 Å². The first-order valence-corrected chi connectivity index (χ1v) is 20.6. The van der Waals surface area contributed by atoms with Gasteiger partial charge in [-0.25, -0.2) is 9.97 Å². The molecule has 0 aliphatic carbocycles. The molecule has 13 rings (SSSR count). The Balaban J connectivity index is 1.11. The van der Waals surface area contributed by atoms with Crippen molar-refractivity contribution in [1.82, 2.24) is 14.5 Å². The van der Waals surface area contributed by atoms with Crippen molar-refractivity contribution in [3.8, 4) is 28.3 Å². The highest BCUT2D eigenvalue weighted by atomic mass is 32.1. The highest BCUT2D eigenvalue weighted by Crippen LogP contribution is 2.44. The molecule has 3 heterocycles. The summed E-state index contributed by atoms with van der Waals surface area (Å²) in [6, 6.07) is 68.3. The van der Waals surface area contributed by atoms with Crippen molar-refractivity contribution in [1.29, 1.82) is 0 Å². The molecular weight excluding hydrogens is 723 g/mol. The zero-order chi connectivity index (χ0) is 37.9. The van der Waals surface area contributed by atoms with Crippen LogP contribution in [0.4, 0.5) is 0 Å². The normalized spacial score (nSPS) is 12.1. The Morgan fingerprint density at radius 2 is 0.983 bits per heavy atom. The summed E-state index contributed by atoms with van der Waals surface area (Å²) in [6.45, 7) is 0. The molecule has 13 aromatic rings. The van der Waals surface area contributed by atoms with Gasteiger partial charge in [-0.3, -0.25) is 4.57 Å². The van der Waals surface area contributed by atoms with E-state index < -0.39 is 0 Å². The quantitative estimate of drug-likeness (QED) is 0.168. The Bertz CT molecular complexity index is 3850. The van der Waals surface area contributed by atoms with E-state index in [4.69, 9.17) is 9.97 Å². The number of thiophene rings is 1. The van der Waals surface area contributed by atoms with Crippen LogP contribution in [-0.4, -0.2) is 14.5 Å². The van der Waals surface area contributed by atoms with E-state index in [0.717, 1.165) is 44.0 Å². The third-order valence-electron chi connectivity index (χ3n) is 12.2. The van der Waals surface area contributed by atoms with Gasteiger partial charge < -0.3 is 0 Å². The minimum Gasteiger partial charge on any atom is -0.278 e. The van der Waals surface area contributed by atoms with Gasteiger partial charge >= 0.3 is 0 Å². The number of hydrogen-bond acceptors (Lipinski definition) is 3. The van der Waals surface area contributed by atoms with E-state index in [-0.39, 0.29) is 0 Å². The molecule has 4 heteroatoms. The average Bonchev–Trinajstić information content (AvgIpc) is 3.83. The van der Waals surface area contributed by atoms with Crippen LogP contribution < -0.4 is 0 Å². The zero-order valence-corrected chi connectivity index (χ0v) is 32.0. The summed E-state index contributed by atoms with van der Waals surface area (Å²) in [7, 11) is 0. The van der Waals surface area contributed by atoms with Crippen molar-refractivity contribution in [3.63, 3.8) is 0 Å². The number of benzene rings is 10. The minimum atomic E-state index is 0.661. The molecule has 268 valence electrons. The predicted octanol–water partition coefficient (Wildman–Crippen LogP) is 15.0. The summed E-state index contributed by atoms with van der Waals surface area (Å²) in [5.41, 5.74) is 7.47. The molecule has 10 aromatic carbocycles. The maximum absolute atomic E-state index is 5.63. The van der Waals surface area contributed by atoms with Crippen molar-refractivity contribution in [3.05, 3.63) is 188 Å². The van der Waals surface area contributed by atoms with E-state index in [0.29, 0.717) is 5.95 Å². The van der Waals surface area contributed by atoms with E-state index in [2.05, 4.69) is 193 Å². The van der Waals surface area contributed by atoms with Gasteiger partial charge in [0.1, 0.15) is 0 Å². The van der Waals surface area contributed by atoms with Gasteiger partial charge in [-0.15, -0.1) is 11.3 Å². The van der Waals surface area contributed by atoms with Crippen molar-refractivity contribution >= 4 is 107 Å². The summed E-state index contributed by atoms with van der Waals surface area (Å²) in [5.74, 6) is 0.661. The van der Waals surface area contributed by atoms with Crippen LogP contribution in [0.1, 0.15) is 0 Å². The molecule has 0 amide bonds. The molecule has 0 unspecified atom stereocenters. The van der Waals surface area contributed by atoms with Gasteiger partial charge in [-0.2, -0.15) is 0 Å². The number of hydrogen-bond donors (Lipinski definition) is 0. The molecule has 0 spiro atoms. The molecule has 3 aromatic heterocycles. The highest BCUT2D eigenvalue weighted by Gasteiger charge is 2.22. The van der Waals surface area contributed by atoms with Crippen LogP contribution in [0.5, 0.6) is 0 Å². The molecule has 0 radical (unpaired) electrons. The molecule has 0 saturated carbocycles. The van der Waals surface area contributed by atoms with Crippen LogP contribution in [0, 0.1) is 0 Å². The molecule has 0 atom stereocenters. The highest BCUT2D eigenvalue weighted by molar-refractivity contribution is 7.26. The largest absolute Gasteiger partial charge is 0.278 e. The van der Waals surface area contributed by atoms with Gasteiger partial charge in [0, 0.05) is 47.3 Å². The molecule has 3 nitrogen and oxygen atoms in total. The third-order valence-corrected chi connectivity index (χ3v) is 13.3. The molecule has 58 heavy (non-hydrogen) atoms. The van der Waals surface area contributed by atoms with Gasteiger partial charge in [0.15, 0.2) is 0 Å². The lowest BCUT2D eigenvalue weighted by Gasteiger charge is -2.16. The lowest BCUT2D eigenvalue weighted by molar-refractivity contribution is 1.02. The number of nitrogens with zero attached hydrogens (tertiary/aromatic N) is 3. The Hall–Kier alpha value is -7.40. The van der Waals surface area contributed by atoms with Crippen LogP contribution in [0.2, 0.25) is 0 Å². The number of para-hydroxylation sites is 1. The second-order valence-corrected chi connectivity index (χ2v) is 16.4. The Morgan fingerprint density at radius 1 is 0.345 bits per heavy atom. The number of rotatable bonds is 3. The SMILES string of the molecule is c1ccc2cc(-c3ccc(-c4nc(-n5c6ccccc6c6cc7c(ccc8sc9ccccc9c87)cc65)nc5c6ccccc6c6ccccc6c45)cc3)ccc2c1. The van der Waals surface area contributed by atoms with Crippen molar-refractivity contribution in [2.24, 2.45) is 0 Å². The van der Waals surface area contributed by atoms with Gasteiger partial charge in [0.2, 0.25) is 5.95 Å². The van der Waals surface area contributed by atoms with Crippen LogP contribution in [0.15, 0.2) is 188 Å². The second-order valence-electron chi connectivity index (χ2n) is 15.3. The van der Waals surface area contributed by atoms with Gasteiger partial charge in [-0.05, 0) is 85.2 Å². The zero-order valence-electron chi connectivity index (χ0n) is 31.1. The Morgan fingerprint density at radius 3 is 1.83 bits per heavy atom. The summed E-state index contributed by atoms with van der Waals surface area (Å²) in [6.07, 6.45) is 0. The van der Waals surface area contributed by atoms with E-state index in [1.165, 1.54) is 74.4 Å². The molecule has 0 saturated heterocycles. The monoisotopic (exact) mass is 753 g/mol. The maximum atomic E-state index is 5.63.